The molecular weight excluding hydrogens is 524 g/mol. The van der Waals surface area contributed by atoms with E-state index in [2.05, 4.69) is 116 Å². The molecule has 3 aromatic heterocycles. The largest absolute Gasteiger partial charge is 0.310 e. The summed E-state index contributed by atoms with van der Waals surface area (Å²) in [5.74, 6) is 0.242. The Morgan fingerprint density at radius 1 is 0.651 bits per heavy atom. The number of allylic oxidation sites excluding steroid dienone is 3. The molecule has 1 aliphatic carbocycles. The number of benzene rings is 2. The Bertz CT molecular complexity index is 1940. The van der Waals surface area contributed by atoms with Gasteiger partial charge in [-0.1, -0.05) is 58.0 Å². The summed E-state index contributed by atoms with van der Waals surface area (Å²) >= 11 is 0. The molecule has 5 aromatic rings. The summed E-state index contributed by atoms with van der Waals surface area (Å²) in [4.78, 5) is 16.8. The number of rotatable bonds is 3. The molecule has 1 atom stereocenters. The maximum atomic E-state index is 4.78. The van der Waals surface area contributed by atoms with Crippen molar-refractivity contribution in [2.75, 3.05) is 4.90 Å². The standard InChI is InChI=1S/C39H34N4/c1-38(2)28-21-25(32-11-5-8-18-40-32)14-16-35(28)43-36-17-15-26(33-12-6-9-19-41-33)22-29(36)39(3,4)31-24-27(23-30(38)37(31)43)34-13-7-10-20-42-34/h5-21,23-24,26H,22H2,1-4H3. The SMILES string of the molecule is CC1(C)C2=C(C=CC(c3ccccn3)C2)N2c3ccc(-c4ccccn4)cc3C(C)(C)c3cc(-c4ccccn4)cc1c32. The number of hydrogen-bond donors (Lipinski definition) is 0. The number of aromatic nitrogens is 3. The summed E-state index contributed by atoms with van der Waals surface area (Å²) in [5, 5.41) is 0. The van der Waals surface area contributed by atoms with Crippen LogP contribution in [0.5, 0.6) is 0 Å². The normalized spacial score (nSPS) is 19.0. The van der Waals surface area contributed by atoms with Gasteiger partial charge in [-0.05, 0) is 95.4 Å². The van der Waals surface area contributed by atoms with Crippen LogP contribution in [0.3, 0.4) is 0 Å². The highest BCUT2D eigenvalue weighted by Gasteiger charge is 2.47. The number of pyridine rings is 3. The van der Waals surface area contributed by atoms with Crippen LogP contribution in [0.25, 0.3) is 22.5 Å². The molecule has 5 heterocycles. The Kier molecular flexibility index (Phi) is 5.61. The number of nitrogens with zero attached hydrogens (tertiary/aromatic N) is 4. The Balaban J connectivity index is 1.39. The van der Waals surface area contributed by atoms with Gasteiger partial charge in [-0.15, -0.1) is 0 Å². The van der Waals surface area contributed by atoms with Crippen molar-refractivity contribution in [1.29, 1.82) is 0 Å². The maximum Gasteiger partial charge on any atom is 0.0702 e. The molecule has 0 saturated carbocycles. The fourth-order valence-electron chi connectivity index (χ4n) is 7.40. The minimum Gasteiger partial charge on any atom is -0.310 e. The van der Waals surface area contributed by atoms with Gasteiger partial charge in [0.1, 0.15) is 0 Å². The molecule has 0 saturated heterocycles. The van der Waals surface area contributed by atoms with Gasteiger partial charge in [-0.25, -0.2) is 0 Å². The van der Waals surface area contributed by atoms with E-state index in [4.69, 9.17) is 9.97 Å². The van der Waals surface area contributed by atoms with Gasteiger partial charge in [0.25, 0.3) is 0 Å². The summed E-state index contributed by atoms with van der Waals surface area (Å²) in [6.45, 7) is 9.54. The second-order valence-corrected chi connectivity index (χ2v) is 13.0. The maximum absolute atomic E-state index is 4.78. The zero-order valence-electron chi connectivity index (χ0n) is 25.0. The van der Waals surface area contributed by atoms with Gasteiger partial charge in [0.05, 0.1) is 22.8 Å². The lowest BCUT2D eigenvalue weighted by atomic mass is 9.63. The predicted molar refractivity (Wildman–Crippen MR) is 174 cm³/mol. The van der Waals surface area contributed by atoms with Gasteiger partial charge in [0.2, 0.25) is 0 Å². The molecule has 210 valence electrons. The zero-order chi connectivity index (χ0) is 29.3. The molecule has 4 nitrogen and oxygen atoms in total. The van der Waals surface area contributed by atoms with E-state index in [0.29, 0.717) is 0 Å². The molecular formula is C39H34N4. The average molecular weight is 559 g/mol. The second-order valence-electron chi connectivity index (χ2n) is 13.0. The van der Waals surface area contributed by atoms with Gasteiger partial charge < -0.3 is 4.90 Å². The summed E-state index contributed by atoms with van der Waals surface area (Å²) in [7, 11) is 0. The quantitative estimate of drug-likeness (QED) is 0.221. The fraction of sp³-hybridized carbons (Fsp3) is 0.205. The molecule has 0 N–H and O–H groups in total. The molecule has 2 aliphatic heterocycles. The van der Waals surface area contributed by atoms with Crippen molar-refractivity contribution < 1.29 is 0 Å². The third-order valence-corrected chi connectivity index (χ3v) is 9.79. The fourth-order valence-corrected chi connectivity index (χ4v) is 7.40. The van der Waals surface area contributed by atoms with Crippen molar-refractivity contribution in [3.8, 4) is 22.5 Å². The van der Waals surface area contributed by atoms with Gasteiger partial charge in [-0.2, -0.15) is 0 Å². The van der Waals surface area contributed by atoms with Crippen molar-refractivity contribution in [3.05, 3.63) is 149 Å². The van der Waals surface area contributed by atoms with E-state index in [1.165, 1.54) is 39.3 Å². The van der Waals surface area contributed by atoms with Crippen LogP contribution in [-0.2, 0) is 10.8 Å². The van der Waals surface area contributed by atoms with Gasteiger partial charge in [0, 0.05) is 57.9 Å². The number of hydrogen-bond acceptors (Lipinski definition) is 4. The smallest absolute Gasteiger partial charge is 0.0702 e. The molecule has 3 aliphatic rings. The molecule has 0 fully saturated rings. The molecule has 0 radical (unpaired) electrons. The highest BCUT2D eigenvalue weighted by molar-refractivity contribution is 5.90. The van der Waals surface area contributed by atoms with Crippen LogP contribution in [0.1, 0.15) is 62.4 Å². The lowest BCUT2D eigenvalue weighted by molar-refractivity contribution is 0.541. The highest BCUT2D eigenvalue weighted by Crippen LogP contribution is 2.60. The first-order chi connectivity index (χ1) is 20.8. The summed E-state index contributed by atoms with van der Waals surface area (Å²) < 4.78 is 0. The molecule has 2 aromatic carbocycles. The lowest BCUT2D eigenvalue weighted by Gasteiger charge is -2.51. The predicted octanol–water partition coefficient (Wildman–Crippen LogP) is 9.27. The first-order valence-electron chi connectivity index (χ1n) is 15.1. The zero-order valence-corrected chi connectivity index (χ0v) is 25.0. The van der Waals surface area contributed by atoms with E-state index in [1.54, 1.807) is 0 Å². The van der Waals surface area contributed by atoms with Crippen LogP contribution in [-0.4, -0.2) is 15.0 Å². The third kappa shape index (κ3) is 3.86. The summed E-state index contributed by atoms with van der Waals surface area (Å²) in [6.07, 6.45) is 11.3. The van der Waals surface area contributed by atoms with Gasteiger partial charge in [0.15, 0.2) is 0 Å². The lowest BCUT2D eigenvalue weighted by Crippen LogP contribution is -2.41. The molecule has 8 rings (SSSR count). The molecule has 0 spiro atoms. The average Bonchev–Trinajstić information content (AvgIpc) is 3.05. The van der Waals surface area contributed by atoms with Gasteiger partial charge in [-0.3, -0.25) is 15.0 Å². The molecule has 1 unspecified atom stereocenters. The van der Waals surface area contributed by atoms with E-state index < -0.39 is 0 Å². The minimum absolute atomic E-state index is 0.181. The first-order valence-corrected chi connectivity index (χ1v) is 15.1. The Labute approximate surface area is 253 Å². The van der Waals surface area contributed by atoms with Crippen molar-refractivity contribution in [2.24, 2.45) is 0 Å². The van der Waals surface area contributed by atoms with Crippen molar-refractivity contribution in [3.63, 3.8) is 0 Å². The van der Waals surface area contributed by atoms with Crippen molar-refractivity contribution in [1.82, 2.24) is 15.0 Å². The van der Waals surface area contributed by atoms with E-state index in [1.807, 2.05) is 36.8 Å². The molecule has 0 bridgehead atoms. The molecule has 4 heteroatoms. The van der Waals surface area contributed by atoms with E-state index in [-0.39, 0.29) is 16.7 Å². The second kappa shape index (κ2) is 9.34. The van der Waals surface area contributed by atoms with Crippen molar-refractivity contribution >= 4 is 11.4 Å². The summed E-state index contributed by atoms with van der Waals surface area (Å²) in [6, 6.07) is 30.2. The van der Waals surface area contributed by atoms with Gasteiger partial charge >= 0.3 is 0 Å². The first kappa shape index (κ1) is 25.8. The van der Waals surface area contributed by atoms with Crippen molar-refractivity contribution in [2.45, 2.75) is 50.9 Å². The van der Waals surface area contributed by atoms with E-state index in [9.17, 15) is 0 Å². The number of anilines is 2. The Morgan fingerprint density at radius 2 is 1.28 bits per heavy atom. The van der Waals surface area contributed by atoms with Crippen LogP contribution in [0, 0.1) is 0 Å². The number of fused-ring (bicyclic) bond motifs is 3. The van der Waals surface area contributed by atoms with Crippen LogP contribution in [0.15, 0.2) is 127 Å². The molecule has 0 amide bonds. The van der Waals surface area contributed by atoms with Crippen LogP contribution in [0.2, 0.25) is 0 Å². The highest BCUT2D eigenvalue weighted by atomic mass is 15.2. The summed E-state index contributed by atoms with van der Waals surface area (Å²) in [5.41, 5.74) is 14.3. The monoisotopic (exact) mass is 558 g/mol. The van der Waals surface area contributed by atoms with E-state index >= 15 is 0 Å². The van der Waals surface area contributed by atoms with Crippen LogP contribution >= 0.6 is 0 Å². The Morgan fingerprint density at radius 3 is 1.93 bits per heavy atom. The van der Waals surface area contributed by atoms with E-state index in [0.717, 1.165) is 34.6 Å². The topological polar surface area (TPSA) is 41.9 Å². The minimum atomic E-state index is -0.242. The molecule has 43 heavy (non-hydrogen) atoms. The third-order valence-electron chi connectivity index (χ3n) is 9.79. The van der Waals surface area contributed by atoms with Crippen LogP contribution < -0.4 is 4.90 Å². The van der Waals surface area contributed by atoms with Crippen LogP contribution in [0.4, 0.5) is 11.4 Å². The Hall–Kier alpha value is -4.83.